The highest BCUT2D eigenvalue weighted by Crippen LogP contribution is 2.34. The maximum Gasteiger partial charge on any atom is 0.311 e. The summed E-state index contributed by atoms with van der Waals surface area (Å²) in [6.45, 7) is 1.31. The van der Waals surface area contributed by atoms with E-state index in [1.165, 1.54) is 31.4 Å². The summed E-state index contributed by atoms with van der Waals surface area (Å²) < 4.78 is 4.95. The third-order valence-corrected chi connectivity index (χ3v) is 5.49. The molecule has 0 aliphatic carbocycles. The molecule has 0 unspecified atom stereocenters. The van der Waals surface area contributed by atoms with E-state index in [4.69, 9.17) is 16.3 Å². The second kappa shape index (κ2) is 9.19. The molecule has 0 aromatic heterocycles. The molecule has 2 aromatic carbocycles. The minimum absolute atomic E-state index is 0.0520. The Morgan fingerprint density at radius 3 is 2.71 bits per heavy atom. The van der Waals surface area contributed by atoms with Gasteiger partial charge in [-0.1, -0.05) is 23.7 Å². The molecule has 11 heteroatoms. The van der Waals surface area contributed by atoms with Crippen LogP contribution in [0.1, 0.15) is 11.1 Å². The number of carbonyl (C=O) groups excluding carboxylic acids is 3. The largest absolute Gasteiger partial charge is 0.490 e. The van der Waals surface area contributed by atoms with Gasteiger partial charge in [0.2, 0.25) is 5.91 Å². The van der Waals surface area contributed by atoms with Crippen LogP contribution in [0.25, 0.3) is 6.08 Å². The van der Waals surface area contributed by atoms with E-state index < -0.39 is 28.5 Å². The molecule has 9 nitrogen and oxygen atoms in total. The number of methoxy groups -OCH3 is 1. The Labute approximate surface area is 186 Å². The average Bonchev–Trinajstić information content (AvgIpc) is 2.98. The number of anilines is 1. The highest BCUT2D eigenvalue weighted by molar-refractivity contribution is 8.18. The van der Waals surface area contributed by atoms with E-state index in [1.807, 2.05) is 0 Å². The van der Waals surface area contributed by atoms with Gasteiger partial charge in [0, 0.05) is 16.8 Å². The van der Waals surface area contributed by atoms with E-state index in [1.54, 1.807) is 25.1 Å². The van der Waals surface area contributed by atoms with Crippen LogP contribution < -0.4 is 10.1 Å². The topological polar surface area (TPSA) is 119 Å². The second-order valence-corrected chi connectivity index (χ2v) is 7.89. The number of imide groups is 1. The molecule has 0 bridgehead atoms. The Hall–Kier alpha value is -3.37. The van der Waals surface area contributed by atoms with Crippen molar-refractivity contribution >= 4 is 57.9 Å². The third kappa shape index (κ3) is 5.04. The van der Waals surface area contributed by atoms with Gasteiger partial charge in [0.25, 0.3) is 11.1 Å². The van der Waals surface area contributed by atoms with Crippen LogP contribution in [0.3, 0.4) is 0 Å². The fourth-order valence-corrected chi connectivity index (χ4v) is 3.80. The number of benzene rings is 2. The Morgan fingerprint density at radius 2 is 2.03 bits per heavy atom. The summed E-state index contributed by atoms with van der Waals surface area (Å²) in [6, 6.07) is 9.13. The van der Waals surface area contributed by atoms with E-state index in [9.17, 15) is 24.5 Å². The zero-order chi connectivity index (χ0) is 22.7. The van der Waals surface area contributed by atoms with E-state index in [-0.39, 0.29) is 16.3 Å². The lowest BCUT2D eigenvalue weighted by Crippen LogP contribution is -2.36. The normalized spacial score (nSPS) is 14.8. The van der Waals surface area contributed by atoms with Crippen LogP contribution in [-0.4, -0.2) is 40.5 Å². The van der Waals surface area contributed by atoms with Gasteiger partial charge in [-0.2, -0.15) is 0 Å². The number of ether oxygens (including phenoxy) is 1. The lowest BCUT2D eigenvalue weighted by atomic mass is 10.1. The summed E-state index contributed by atoms with van der Waals surface area (Å²) in [5.74, 6) is -1.15. The molecule has 0 saturated carbocycles. The monoisotopic (exact) mass is 461 g/mol. The number of hydrogen-bond donors (Lipinski definition) is 1. The van der Waals surface area contributed by atoms with Crippen molar-refractivity contribution in [3.8, 4) is 5.75 Å². The van der Waals surface area contributed by atoms with E-state index in [2.05, 4.69) is 5.32 Å². The molecule has 3 amide bonds. The van der Waals surface area contributed by atoms with Crippen molar-refractivity contribution in [3.05, 3.63) is 67.6 Å². The minimum Gasteiger partial charge on any atom is -0.490 e. The quantitative estimate of drug-likeness (QED) is 0.388. The number of carbonyl (C=O) groups is 3. The lowest BCUT2D eigenvalue weighted by molar-refractivity contribution is -0.385. The van der Waals surface area contributed by atoms with Crippen molar-refractivity contribution < 1.29 is 24.0 Å². The zero-order valence-electron chi connectivity index (χ0n) is 16.4. The smallest absolute Gasteiger partial charge is 0.311 e. The molecule has 1 N–H and O–H groups in total. The Morgan fingerprint density at radius 1 is 1.29 bits per heavy atom. The van der Waals surface area contributed by atoms with Crippen molar-refractivity contribution in [2.75, 3.05) is 19.0 Å². The number of rotatable bonds is 6. The summed E-state index contributed by atoms with van der Waals surface area (Å²) in [7, 11) is 1.31. The summed E-state index contributed by atoms with van der Waals surface area (Å²) >= 11 is 6.58. The molecule has 3 rings (SSSR count). The first-order valence-corrected chi connectivity index (χ1v) is 10.0. The van der Waals surface area contributed by atoms with Gasteiger partial charge in [-0.3, -0.25) is 29.4 Å². The number of hydrogen-bond acceptors (Lipinski definition) is 7. The molecule has 2 aromatic rings. The SMILES string of the molecule is COc1ccc(/C=C2/SC(=O)N(CC(=O)Nc3cc(Cl)ccc3C)C2=O)cc1[N+](=O)[O-]. The number of aryl methyl sites for hydroxylation is 1. The van der Waals surface area contributed by atoms with Gasteiger partial charge in [-0.05, 0) is 54.1 Å². The Balaban J connectivity index is 1.76. The molecule has 160 valence electrons. The average molecular weight is 462 g/mol. The van der Waals surface area contributed by atoms with Gasteiger partial charge in [0.15, 0.2) is 5.75 Å². The number of nitro groups is 1. The van der Waals surface area contributed by atoms with Crippen LogP contribution in [0.4, 0.5) is 16.2 Å². The van der Waals surface area contributed by atoms with E-state index in [0.29, 0.717) is 28.0 Å². The molecular weight excluding hydrogens is 446 g/mol. The summed E-state index contributed by atoms with van der Waals surface area (Å²) in [6.07, 6.45) is 1.36. The molecule has 31 heavy (non-hydrogen) atoms. The van der Waals surface area contributed by atoms with Crippen LogP contribution >= 0.6 is 23.4 Å². The highest BCUT2D eigenvalue weighted by Gasteiger charge is 2.36. The zero-order valence-corrected chi connectivity index (χ0v) is 18.0. The molecule has 1 aliphatic heterocycles. The number of amides is 3. The molecule has 1 fully saturated rings. The van der Waals surface area contributed by atoms with Gasteiger partial charge in [0.1, 0.15) is 6.54 Å². The number of halogens is 1. The Bertz CT molecular complexity index is 1130. The molecule has 1 heterocycles. The molecule has 1 saturated heterocycles. The van der Waals surface area contributed by atoms with Gasteiger partial charge in [-0.25, -0.2) is 0 Å². The van der Waals surface area contributed by atoms with E-state index >= 15 is 0 Å². The molecule has 1 aliphatic rings. The maximum absolute atomic E-state index is 12.6. The fourth-order valence-electron chi connectivity index (χ4n) is 2.79. The summed E-state index contributed by atoms with van der Waals surface area (Å²) in [5.41, 5.74) is 1.32. The molecule has 0 radical (unpaired) electrons. The lowest BCUT2D eigenvalue weighted by Gasteiger charge is -2.13. The first-order valence-electron chi connectivity index (χ1n) is 8.83. The number of thioether (sulfide) groups is 1. The predicted octanol–water partition coefficient (Wildman–Crippen LogP) is 4.24. The van der Waals surface area contributed by atoms with Crippen LogP contribution in [0.15, 0.2) is 41.3 Å². The summed E-state index contributed by atoms with van der Waals surface area (Å²) in [5, 5.41) is 13.6. The molecular formula is C20H16ClN3O6S. The highest BCUT2D eigenvalue weighted by atomic mass is 35.5. The molecule has 0 spiro atoms. The van der Waals surface area contributed by atoms with Crippen molar-refractivity contribution in [2.45, 2.75) is 6.92 Å². The number of nitrogens with zero attached hydrogens (tertiary/aromatic N) is 2. The second-order valence-electron chi connectivity index (χ2n) is 6.46. The number of nitro benzene ring substituents is 1. The first-order chi connectivity index (χ1) is 14.7. The predicted molar refractivity (Wildman–Crippen MR) is 117 cm³/mol. The van der Waals surface area contributed by atoms with Crippen LogP contribution in [0.5, 0.6) is 5.75 Å². The molecule has 0 atom stereocenters. The first kappa shape index (κ1) is 22.3. The van der Waals surface area contributed by atoms with Crippen molar-refractivity contribution in [1.82, 2.24) is 4.90 Å². The maximum atomic E-state index is 12.6. The van der Waals surface area contributed by atoms with Crippen molar-refractivity contribution in [3.63, 3.8) is 0 Å². The third-order valence-electron chi connectivity index (χ3n) is 4.35. The van der Waals surface area contributed by atoms with Crippen LogP contribution in [-0.2, 0) is 9.59 Å². The van der Waals surface area contributed by atoms with Gasteiger partial charge >= 0.3 is 5.69 Å². The summed E-state index contributed by atoms with van der Waals surface area (Å²) in [4.78, 5) is 48.7. The fraction of sp³-hybridized carbons (Fsp3) is 0.150. The van der Waals surface area contributed by atoms with Gasteiger partial charge in [-0.15, -0.1) is 0 Å². The van der Waals surface area contributed by atoms with Gasteiger partial charge in [0.05, 0.1) is 16.9 Å². The number of nitrogens with one attached hydrogen (secondary N) is 1. The van der Waals surface area contributed by atoms with Crippen LogP contribution in [0.2, 0.25) is 5.02 Å². The van der Waals surface area contributed by atoms with Gasteiger partial charge < -0.3 is 10.1 Å². The van der Waals surface area contributed by atoms with Crippen molar-refractivity contribution in [2.24, 2.45) is 0 Å². The van der Waals surface area contributed by atoms with Crippen LogP contribution in [0, 0.1) is 17.0 Å². The standard InChI is InChI=1S/C20H16ClN3O6S/c1-11-3-5-13(21)9-14(11)22-18(25)10-23-19(26)17(31-20(23)27)8-12-4-6-16(30-2)15(7-12)24(28)29/h3-9H,10H2,1-2H3,(H,22,25)/b17-8+. The minimum atomic E-state index is -0.661. The Kier molecular flexibility index (Phi) is 6.62. The van der Waals surface area contributed by atoms with E-state index in [0.717, 1.165) is 10.5 Å². The van der Waals surface area contributed by atoms with Crippen molar-refractivity contribution in [1.29, 1.82) is 0 Å².